The number of aromatic nitrogens is 1. The van der Waals surface area contributed by atoms with Gasteiger partial charge in [0, 0.05) is 16.1 Å². The molecule has 6 heteroatoms. The third-order valence-electron chi connectivity index (χ3n) is 3.09. The van der Waals surface area contributed by atoms with Crippen LogP contribution < -0.4 is 5.73 Å². The number of nitrogens with zero attached hydrogens (tertiary/aromatic N) is 1. The molecule has 2 N–H and O–H groups in total. The van der Waals surface area contributed by atoms with E-state index in [0.717, 1.165) is 11.3 Å². The number of thiazole rings is 1. The summed E-state index contributed by atoms with van der Waals surface area (Å²) in [6.07, 6.45) is 0. The summed E-state index contributed by atoms with van der Waals surface area (Å²) in [5, 5.41) is 1.43. The third-order valence-corrected chi connectivity index (χ3v) is 4.55. The van der Waals surface area contributed by atoms with E-state index in [9.17, 15) is 4.79 Å². The standard InChI is InChI=1S/C16H10Cl2N2OS/c17-10-7-5-9(6-8-10)14(21)15-13(20-16(19)22-15)11-3-1-2-4-12(11)18/h1-8H,(H2,19,20). The first-order valence-corrected chi connectivity index (χ1v) is 7.95. The van der Waals surface area contributed by atoms with Crippen LogP contribution in [0.4, 0.5) is 5.13 Å². The van der Waals surface area contributed by atoms with E-state index < -0.39 is 0 Å². The van der Waals surface area contributed by atoms with Crippen LogP contribution in [0.3, 0.4) is 0 Å². The summed E-state index contributed by atoms with van der Waals surface area (Å²) < 4.78 is 0. The number of hydrogen-bond acceptors (Lipinski definition) is 4. The minimum atomic E-state index is -0.152. The van der Waals surface area contributed by atoms with Crippen molar-refractivity contribution in [3.05, 3.63) is 69.0 Å². The highest BCUT2D eigenvalue weighted by Gasteiger charge is 2.21. The molecule has 0 unspecified atom stereocenters. The molecule has 2 aromatic carbocycles. The fourth-order valence-corrected chi connectivity index (χ4v) is 3.22. The molecule has 1 heterocycles. The van der Waals surface area contributed by atoms with Gasteiger partial charge in [-0.25, -0.2) is 4.98 Å². The van der Waals surface area contributed by atoms with E-state index >= 15 is 0 Å². The number of carbonyl (C=O) groups is 1. The van der Waals surface area contributed by atoms with E-state index in [1.165, 1.54) is 0 Å². The number of rotatable bonds is 3. The predicted octanol–water partition coefficient (Wildman–Crippen LogP) is 4.93. The van der Waals surface area contributed by atoms with Crippen molar-refractivity contribution in [1.82, 2.24) is 4.98 Å². The number of halogens is 2. The van der Waals surface area contributed by atoms with Crippen LogP contribution in [0, 0.1) is 0 Å². The highest BCUT2D eigenvalue weighted by molar-refractivity contribution is 7.18. The quantitative estimate of drug-likeness (QED) is 0.682. The van der Waals surface area contributed by atoms with Gasteiger partial charge in [-0.1, -0.05) is 52.7 Å². The molecular weight excluding hydrogens is 339 g/mol. The van der Waals surface area contributed by atoms with Gasteiger partial charge in [-0.15, -0.1) is 0 Å². The van der Waals surface area contributed by atoms with Crippen molar-refractivity contribution in [1.29, 1.82) is 0 Å². The number of ketones is 1. The number of carbonyl (C=O) groups excluding carboxylic acids is 1. The zero-order valence-corrected chi connectivity index (χ0v) is 13.5. The first-order chi connectivity index (χ1) is 10.6. The maximum absolute atomic E-state index is 12.7. The molecule has 0 amide bonds. The van der Waals surface area contributed by atoms with Crippen molar-refractivity contribution in [3.63, 3.8) is 0 Å². The number of nitrogens with two attached hydrogens (primary N) is 1. The van der Waals surface area contributed by atoms with Gasteiger partial charge >= 0.3 is 0 Å². The molecule has 0 aliphatic carbocycles. The normalized spacial score (nSPS) is 10.6. The Morgan fingerprint density at radius 1 is 1.05 bits per heavy atom. The van der Waals surface area contributed by atoms with Crippen molar-refractivity contribution in [3.8, 4) is 11.3 Å². The lowest BCUT2D eigenvalue weighted by atomic mass is 10.1. The molecule has 0 bridgehead atoms. The molecular formula is C16H10Cl2N2OS. The van der Waals surface area contributed by atoms with Gasteiger partial charge in [-0.2, -0.15) is 0 Å². The first kappa shape index (κ1) is 15.0. The average molecular weight is 349 g/mol. The SMILES string of the molecule is Nc1nc(-c2ccccc2Cl)c(C(=O)c2ccc(Cl)cc2)s1. The summed E-state index contributed by atoms with van der Waals surface area (Å²) in [5.41, 5.74) is 7.52. The van der Waals surface area contributed by atoms with Crippen LogP contribution in [0.25, 0.3) is 11.3 Å². The molecule has 0 aliphatic heterocycles. The molecule has 110 valence electrons. The minimum Gasteiger partial charge on any atom is -0.375 e. The molecule has 0 radical (unpaired) electrons. The van der Waals surface area contributed by atoms with E-state index in [0.29, 0.717) is 36.9 Å². The summed E-state index contributed by atoms with van der Waals surface area (Å²) >= 11 is 13.2. The molecule has 22 heavy (non-hydrogen) atoms. The van der Waals surface area contributed by atoms with Crippen LogP contribution in [-0.2, 0) is 0 Å². The fourth-order valence-electron chi connectivity index (χ4n) is 2.06. The zero-order valence-electron chi connectivity index (χ0n) is 11.2. The highest BCUT2D eigenvalue weighted by atomic mass is 35.5. The van der Waals surface area contributed by atoms with E-state index in [4.69, 9.17) is 28.9 Å². The molecule has 0 aliphatic rings. The van der Waals surface area contributed by atoms with Crippen molar-refractivity contribution in [2.45, 2.75) is 0 Å². The summed E-state index contributed by atoms with van der Waals surface area (Å²) in [4.78, 5) is 17.4. The van der Waals surface area contributed by atoms with Crippen LogP contribution in [0.1, 0.15) is 15.2 Å². The summed E-state index contributed by atoms with van der Waals surface area (Å²) in [6, 6.07) is 13.9. The third kappa shape index (κ3) is 2.86. The van der Waals surface area contributed by atoms with Gasteiger partial charge in [-0.3, -0.25) is 4.79 Å². The topological polar surface area (TPSA) is 56.0 Å². The van der Waals surface area contributed by atoms with Gasteiger partial charge in [0.1, 0.15) is 4.88 Å². The molecule has 1 aromatic heterocycles. The Kier molecular flexibility index (Phi) is 4.16. The number of hydrogen-bond donors (Lipinski definition) is 1. The molecule has 0 fully saturated rings. The Bertz CT molecular complexity index is 844. The predicted molar refractivity (Wildman–Crippen MR) is 91.9 cm³/mol. The molecule has 0 atom stereocenters. The zero-order chi connectivity index (χ0) is 15.7. The average Bonchev–Trinajstić information content (AvgIpc) is 2.89. The summed E-state index contributed by atoms with van der Waals surface area (Å²) in [5.74, 6) is -0.152. The lowest BCUT2D eigenvalue weighted by Crippen LogP contribution is -2.00. The first-order valence-electron chi connectivity index (χ1n) is 6.37. The minimum absolute atomic E-state index is 0.152. The van der Waals surface area contributed by atoms with Gasteiger partial charge in [0.15, 0.2) is 5.13 Å². The fraction of sp³-hybridized carbons (Fsp3) is 0. The Morgan fingerprint density at radius 3 is 2.41 bits per heavy atom. The van der Waals surface area contributed by atoms with E-state index in [1.807, 2.05) is 18.2 Å². The lowest BCUT2D eigenvalue weighted by molar-refractivity contribution is 0.104. The Labute approximate surface area is 141 Å². The summed E-state index contributed by atoms with van der Waals surface area (Å²) in [6.45, 7) is 0. The van der Waals surface area contributed by atoms with Crippen molar-refractivity contribution < 1.29 is 4.79 Å². The number of benzene rings is 2. The van der Waals surface area contributed by atoms with Crippen molar-refractivity contribution in [2.24, 2.45) is 0 Å². The van der Waals surface area contributed by atoms with Gasteiger partial charge in [0.05, 0.1) is 10.7 Å². The molecule has 3 nitrogen and oxygen atoms in total. The van der Waals surface area contributed by atoms with Crippen LogP contribution in [0.15, 0.2) is 48.5 Å². The summed E-state index contributed by atoms with van der Waals surface area (Å²) in [7, 11) is 0. The molecule has 0 spiro atoms. The van der Waals surface area contributed by atoms with Crippen molar-refractivity contribution >= 4 is 45.5 Å². The second-order valence-electron chi connectivity index (χ2n) is 4.55. The van der Waals surface area contributed by atoms with Gasteiger partial charge < -0.3 is 5.73 Å². The lowest BCUT2D eigenvalue weighted by Gasteiger charge is -2.04. The second kappa shape index (κ2) is 6.08. The van der Waals surface area contributed by atoms with Gasteiger partial charge in [0.2, 0.25) is 5.78 Å². The molecule has 0 saturated heterocycles. The second-order valence-corrected chi connectivity index (χ2v) is 6.42. The monoisotopic (exact) mass is 348 g/mol. The van der Waals surface area contributed by atoms with E-state index in [1.54, 1.807) is 30.3 Å². The van der Waals surface area contributed by atoms with Crippen molar-refractivity contribution in [2.75, 3.05) is 5.73 Å². The highest BCUT2D eigenvalue weighted by Crippen LogP contribution is 2.35. The smallest absolute Gasteiger partial charge is 0.205 e. The Morgan fingerprint density at radius 2 is 1.73 bits per heavy atom. The number of anilines is 1. The van der Waals surface area contributed by atoms with Gasteiger partial charge in [-0.05, 0) is 30.3 Å². The van der Waals surface area contributed by atoms with Crippen LogP contribution >= 0.6 is 34.5 Å². The van der Waals surface area contributed by atoms with E-state index in [2.05, 4.69) is 4.98 Å². The van der Waals surface area contributed by atoms with Crippen LogP contribution in [0.2, 0.25) is 10.0 Å². The Balaban J connectivity index is 2.10. The van der Waals surface area contributed by atoms with Crippen LogP contribution in [0.5, 0.6) is 0 Å². The molecule has 0 saturated carbocycles. The maximum atomic E-state index is 12.7. The Hall–Kier alpha value is -1.88. The molecule has 3 rings (SSSR count). The van der Waals surface area contributed by atoms with Gasteiger partial charge in [0.25, 0.3) is 0 Å². The maximum Gasteiger partial charge on any atom is 0.205 e. The largest absolute Gasteiger partial charge is 0.375 e. The number of nitrogen functional groups attached to an aromatic ring is 1. The van der Waals surface area contributed by atoms with Crippen LogP contribution in [-0.4, -0.2) is 10.8 Å². The van der Waals surface area contributed by atoms with E-state index in [-0.39, 0.29) is 5.78 Å². The molecule has 3 aromatic rings.